The van der Waals surface area contributed by atoms with Crippen molar-refractivity contribution in [2.24, 2.45) is 7.05 Å². The molecule has 2 aromatic heterocycles. The molecule has 1 N–H and O–H groups in total. The Bertz CT molecular complexity index is 686. The minimum absolute atomic E-state index is 0.110. The second-order valence-electron chi connectivity index (χ2n) is 6.01. The number of hydrogen-bond donors (Lipinski definition) is 1. The normalized spacial score (nSPS) is 15.6. The largest absolute Gasteiger partial charge is 0.460 e. The van der Waals surface area contributed by atoms with Gasteiger partial charge in [-0.25, -0.2) is 0 Å². The van der Waals surface area contributed by atoms with Crippen molar-refractivity contribution in [3.8, 4) is 11.5 Å². The number of aryl methyl sites for hydroxylation is 2. The molecule has 24 heavy (non-hydrogen) atoms. The fourth-order valence-corrected chi connectivity index (χ4v) is 2.79. The average Bonchev–Trinajstić information content (AvgIpc) is 3.18. The van der Waals surface area contributed by atoms with Crippen LogP contribution < -0.4 is 5.32 Å². The maximum absolute atomic E-state index is 12.3. The van der Waals surface area contributed by atoms with Gasteiger partial charge in [0.15, 0.2) is 5.76 Å². The Morgan fingerprint density at radius 1 is 1.33 bits per heavy atom. The van der Waals surface area contributed by atoms with Gasteiger partial charge in [0.2, 0.25) is 0 Å². The van der Waals surface area contributed by atoms with E-state index in [1.807, 2.05) is 19.1 Å². The van der Waals surface area contributed by atoms with Gasteiger partial charge in [0.25, 0.3) is 5.91 Å². The standard InChI is InChI=1S/C17H24N4O3/c1-13-4-5-16(24-13)14-12-15(20(2)19-14)17(22)18-6-3-7-21-8-10-23-11-9-21/h4-5,12H,3,6-11H2,1-2H3,(H,18,22). The molecule has 0 aliphatic carbocycles. The number of rotatable bonds is 6. The molecule has 2 aromatic rings. The molecule has 1 amide bonds. The minimum Gasteiger partial charge on any atom is -0.460 e. The van der Waals surface area contributed by atoms with Gasteiger partial charge in [0, 0.05) is 32.7 Å². The van der Waals surface area contributed by atoms with E-state index in [0.29, 0.717) is 23.7 Å². The number of furan rings is 1. The maximum atomic E-state index is 12.3. The van der Waals surface area contributed by atoms with Gasteiger partial charge in [-0.05, 0) is 32.0 Å². The zero-order valence-electron chi connectivity index (χ0n) is 14.2. The molecule has 3 rings (SSSR count). The van der Waals surface area contributed by atoms with E-state index in [1.165, 1.54) is 0 Å². The zero-order valence-corrected chi connectivity index (χ0v) is 14.2. The van der Waals surface area contributed by atoms with E-state index in [0.717, 1.165) is 45.0 Å². The van der Waals surface area contributed by atoms with E-state index in [1.54, 1.807) is 17.8 Å². The van der Waals surface area contributed by atoms with E-state index in [-0.39, 0.29) is 5.91 Å². The van der Waals surface area contributed by atoms with Crippen LogP contribution in [-0.2, 0) is 11.8 Å². The summed E-state index contributed by atoms with van der Waals surface area (Å²) in [5.41, 5.74) is 1.20. The Morgan fingerprint density at radius 3 is 2.83 bits per heavy atom. The minimum atomic E-state index is -0.110. The molecule has 1 fully saturated rings. The summed E-state index contributed by atoms with van der Waals surface area (Å²) < 4.78 is 12.5. The Hall–Kier alpha value is -2.12. The first-order valence-corrected chi connectivity index (χ1v) is 8.32. The van der Waals surface area contributed by atoms with Crippen molar-refractivity contribution >= 4 is 5.91 Å². The van der Waals surface area contributed by atoms with Crippen molar-refractivity contribution in [1.82, 2.24) is 20.0 Å². The average molecular weight is 332 g/mol. The number of carbonyl (C=O) groups is 1. The van der Waals surface area contributed by atoms with E-state index in [9.17, 15) is 4.79 Å². The third-order valence-electron chi connectivity index (χ3n) is 4.15. The Kier molecular flexibility index (Phi) is 5.32. The maximum Gasteiger partial charge on any atom is 0.269 e. The van der Waals surface area contributed by atoms with Crippen molar-refractivity contribution in [1.29, 1.82) is 0 Å². The molecule has 0 bridgehead atoms. The number of hydrogen-bond acceptors (Lipinski definition) is 5. The van der Waals surface area contributed by atoms with E-state index in [4.69, 9.17) is 9.15 Å². The van der Waals surface area contributed by atoms with Crippen LogP contribution in [0.5, 0.6) is 0 Å². The summed E-state index contributed by atoms with van der Waals surface area (Å²) in [7, 11) is 1.77. The summed E-state index contributed by atoms with van der Waals surface area (Å²) in [4.78, 5) is 14.7. The lowest BCUT2D eigenvalue weighted by Crippen LogP contribution is -2.38. The number of morpholine rings is 1. The summed E-state index contributed by atoms with van der Waals surface area (Å²) in [5.74, 6) is 1.39. The fraction of sp³-hybridized carbons (Fsp3) is 0.529. The van der Waals surface area contributed by atoms with Crippen LogP contribution >= 0.6 is 0 Å². The van der Waals surface area contributed by atoms with Crippen molar-refractivity contribution in [3.63, 3.8) is 0 Å². The molecule has 0 saturated carbocycles. The lowest BCUT2D eigenvalue weighted by atomic mass is 10.3. The van der Waals surface area contributed by atoms with Crippen LogP contribution in [0, 0.1) is 6.92 Å². The van der Waals surface area contributed by atoms with Gasteiger partial charge in [-0.15, -0.1) is 0 Å². The smallest absolute Gasteiger partial charge is 0.269 e. The molecule has 130 valence electrons. The van der Waals surface area contributed by atoms with Crippen LogP contribution in [0.15, 0.2) is 22.6 Å². The van der Waals surface area contributed by atoms with Crippen molar-refractivity contribution in [3.05, 3.63) is 29.7 Å². The number of amides is 1. The molecule has 0 unspecified atom stereocenters. The van der Waals surface area contributed by atoms with Gasteiger partial charge in [0.05, 0.1) is 13.2 Å². The number of ether oxygens (including phenoxy) is 1. The highest BCUT2D eigenvalue weighted by molar-refractivity contribution is 5.93. The number of carbonyl (C=O) groups excluding carboxylic acids is 1. The molecule has 3 heterocycles. The van der Waals surface area contributed by atoms with Crippen LogP contribution in [0.25, 0.3) is 11.5 Å². The summed E-state index contributed by atoms with van der Waals surface area (Å²) >= 11 is 0. The second-order valence-corrected chi connectivity index (χ2v) is 6.01. The fourth-order valence-electron chi connectivity index (χ4n) is 2.79. The molecule has 0 aromatic carbocycles. The summed E-state index contributed by atoms with van der Waals surface area (Å²) in [6.07, 6.45) is 0.924. The molecule has 1 aliphatic rings. The third kappa shape index (κ3) is 4.04. The van der Waals surface area contributed by atoms with Crippen molar-refractivity contribution < 1.29 is 13.9 Å². The van der Waals surface area contributed by atoms with Crippen molar-refractivity contribution in [2.75, 3.05) is 39.4 Å². The van der Waals surface area contributed by atoms with Crippen molar-refractivity contribution in [2.45, 2.75) is 13.3 Å². The summed E-state index contributed by atoms with van der Waals surface area (Å²) in [6, 6.07) is 5.51. The summed E-state index contributed by atoms with van der Waals surface area (Å²) in [6.45, 7) is 7.06. The second kappa shape index (κ2) is 7.63. The molecular weight excluding hydrogens is 308 g/mol. The molecule has 1 aliphatic heterocycles. The first kappa shape index (κ1) is 16.7. The van der Waals surface area contributed by atoms with Crippen LogP contribution in [0.3, 0.4) is 0 Å². The van der Waals surface area contributed by atoms with E-state index >= 15 is 0 Å². The predicted octanol–water partition coefficient (Wildman–Crippen LogP) is 1.44. The van der Waals surface area contributed by atoms with Gasteiger partial charge < -0.3 is 14.5 Å². The van der Waals surface area contributed by atoms with Crippen LogP contribution in [0.4, 0.5) is 0 Å². The van der Waals surface area contributed by atoms with Gasteiger partial charge in [-0.2, -0.15) is 5.10 Å². The van der Waals surface area contributed by atoms with Crippen LogP contribution in [0.2, 0.25) is 0 Å². The van der Waals surface area contributed by atoms with Gasteiger partial charge in [0.1, 0.15) is 17.1 Å². The highest BCUT2D eigenvalue weighted by Gasteiger charge is 2.16. The number of nitrogens with zero attached hydrogens (tertiary/aromatic N) is 3. The topological polar surface area (TPSA) is 72.5 Å². The lowest BCUT2D eigenvalue weighted by Gasteiger charge is -2.26. The highest BCUT2D eigenvalue weighted by Crippen LogP contribution is 2.21. The SMILES string of the molecule is Cc1ccc(-c2cc(C(=O)NCCCN3CCOCC3)n(C)n2)o1. The lowest BCUT2D eigenvalue weighted by molar-refractivity contribution is 0.0374. The first-order chi connectivity index (χ1) is 11.6. The molecule has 7 nitrogen and oxygen atoms in total. The Balaban J connectivity index is 1.50. The molecule has 0 radical (unpaired) electrons. The predicted molar refractivity (Wildman–Crippen MR) is 89.9 cm³/mol. The molecule has 0 spiro atoms. The van der Waals surface area contributed by atoms with Gasteiger partial charge >= 0.3 is 0 Å². The first-order valence-electron chi connectivity index (χ1n) is 8.32. The summed E-state index contributed by atoms with van der Waals surface area (Å²) in [5, 5.41) is 7.32. The highest BCUT2D eigenvalue weighted by atomic mass is 16.5. The Labute approximate surface area is 141 Å². The van der Waals surface area contributed by atoms with Crippen LogP contribution in [0.1, 0.15) is 22.7 Å². The Morgan fingerprint density at radius 2 is 2.12 bits per heavy atom. The zero-order chi connectivity index (χ0) is 16.9. The van der Waals surface area contributed by atoms with E-state index < -0.39 is 0 Å². The van der Waals surface area contributed by atoms with Crippen LogP contribution in [-0.4, -0.2) is 60.0 Å². The molecule has 7 heteroatoms. The monoisotopic (exact) mass is 332 g/mol. The quantitative estimate of drug-likeness (QED) is 0.811. The number of aromatic nitrogens is 2. The van der Waals surface area contributed by atoms with Gasteiger partial charge in [-0.1, -0.05) is 0 Å². The molecular formula is C17H24N4O3. The van der Waals surface area contributed by atoms with E-state index in [2.05, 4.69) is 15.3 Å². The molecule has 1 saturated heterocycles. The van der Waals surface area contributed by atoms with Gasteiger partial charge in [-0.3, -0.25) is 14.4 Å². The third-order valence-corrected chi connectivity index (χ3v) is 4.15. The molecule has 0 atom stereocenters. The number of nitrogens with one attached hydrogen (secondary N) is 1.